The Labute approximate surface area is 82.9 Å². The second-order valence-corrected chi connectivity index (χ2v) is 4.17. The van der Waals surface area contributed by atoms with E-state index in [-0.39, 0.29) is 12.3 Å². The third kappa shape index (κ3) is 1.74. The lowest BCUT2D eigenvalue weighted by atomic mass is 9.84. The van der Waals surface area contributed by atoms with Crippen LogP contribution in [0.3, 0.4) is 0 Å². The highest BCUT2D eigenvalue weighted by molar-refractivity contribution is 5.75. The molecular formula is C10H16O4. The SMILES string of the molecule is CCC1CC1(CC(=O)O)C(C)C(=O)O. The number of carboxylic acid groups (broad SMARTS) is 2. The number of hydrogen-bond donors (Lipinski definition) is 2. The van der Waals surface area contributed by atoms with E-state index in [1.54, 1.807) is 6.92 Å². The molecule has 0 bridgehead atoms. The van der Waals surface area contributed by atoms with Gasteiger partial charge in [0.2, 0.25) is 0 Å². The lowest BCUT2D eigenvalue weighted by molar-refractivity contribution is -0.146. The molecular weight excluding hydrogens is 184 g/mol. The molecule has 1 rings (SSSR count). The van der Waals surface area contributed by atoms with Gasteiger partial charge in [0.25, 0.3) is 0 Å². The van der Waals surface area contributed by atoms with Crippen molar-refractivity contribution >= 4 is 11.9 Å². The van der Waals surface area contributed by atoms with Crippen molar-refractivity contribution in [1.29, 1.82) is 0 Å². The van der Waals surface area contributed by atoms with Crippen LogP contribution in [0.1, 0.15) is 33.1 Å². The van der Waals surface area contributed by atoms with E-state index >= 15 is 0 Å². The number of rotatable bonds is 5. The minimum absolute atomic E-state index is 0.0149. The molecule has 1 aliphatic rings. The van der Waals surface area contributed by atoms with Gasteiger partial charge >= 0.3 is 11.9 Å². The highest BCUT2D eigenvalue weighted by Crippen LogP contribution is 2.61. The van der Waals surface area contributed by atoms with Crippen molar-refractivity contribution in [3.8, 4) is 0 Å². The van der Waals surface area contributed by atoms with Crippen LogP contribution in [0.25, 0.3) is 0 Å². The first kappa shape index (κ1) is 11.0. The first-order valence-corrected chi connectivity index (χ1v) is 4.88. The Hall–Kier alpha value is -1.06. The first-order valence-electron chi connectivity index (χ1n) is 4.88. The minimum Gasteiger partial charge on any atom is -0.481 e. The van der Waals surface area contributed by atoms with Crippen molar-refractivity contribution in [2.45, 2.75) is 33.1 Å². The van der Waals surface area contributed by atoms with E-state index in [1.165, 1.54) is 0 Å². The first-order chi connectivity index (χ1) is 6.44. The molecule has 4 nitrogen and oxygen atoms in total. The van der Waals surface area contributed by atoms with E-state index in [1.807, 2.05) is 6.92 Å². The van der Waals surface area contributed by atoms with Crippen LogP contribution in [0.5, 0.6) is 0 Å². The third-order valence-corrected chi connectivity index (χ3v) is 3.49. The van der Waals surface area contributed by atoms with E-state index in [0.717, 1.165) is 12.8 Å². The van der Waals surface area contributed by atoms with Crippen LogP contribution < -0.4 is 0 Å². The van der Waals surface area contributed by atoms with Gasteiger partial charge in [-0.1, -0.05) is 20.3 Å². The molecule has 0 aromatic carbocycles. The maximum Gasteiger partial charge on any atom is 0.306 e. The summed E-state index contributed by atoms with van der Waals surface area (Å²) in [5.74, 6) is -2.07. The molecule has 0 radical (unpaired) electrons. The van der Waals surface area contributed by atoms with Crippen molar-refractivity contribution < 1.29 is 19.8 Å². The monoisotopic (exact) mass is 200 g/mol. The molecule has 0 amide bonds. The van der Waals surface area contributed by atoms with Gasteiger partial charge in [-0.05, 0) is 17.8 Å². The molecule has 1 saturated carbocycles. The predicted molar refractivity (Wildman–Crippen MR) is 49.9 cm³/mol. The molecule has 1 aliphatic carbocycles. The van der Waals surface area contributed by atoms with Crippen LogP contribution in [-0.4, -0.2) is 22.2 Å². The summed E-state index contributed by atoms with van der Waals surface area (Å²) in [4.78, 5) is 21.5. The van der Waals surface area contributed by atoms with Gasteiger partial charge in [-0.2, -0.15) is 0 Å². The van der Waals surface area contributed by atoms with Crippen molar-refractivity contribution in [2.75, 3.05) is 0 Å². The fourth-order valence-electron chi connectivity index (χ4n) is 2.38. The van der Waals surface area contributed by atoms with Gasteiger partial charge in [-0.15, -0.1) is 0 Å². The van der Waals surface area contributed by atoms with E-state index in [9.17, 15) is 9.59 Å². The Morgan fingerprint density at radius 2 is 2.07 bits per heavy atom. The Morgan fingerprint density at radius 1 is 1.50 bits per heavy atom. The van der Waals surface area contributed by atoms with Crippen LogP contribution in [-0.2, 0) is 9.59 Å². The molecule has 1 fully saturated rings. The van der Waals surface area contributed by atoms with Gasteiger partial charge in [0.05, 0.1) is 12.3 Å². The summed E-state index contributed by atoms with van der Waals surface area (Å²) in [6.07, 6.45) is 1.59. The zero-order chi connectivity index (χ0) is 10.9. The summed E-state index contributed by atoms with van der Waals surface area (Å²) >= 11 is 0. The maximum absolute atomic E-state index is 10.8. The summed E-state index contributed by atoms with van der Waals surface area (Å²) in [7, 11) is 0. The molecule has 0 aromatic heterocycles. The Bertz CT molecular complexity index is 261. The smallest absolute Gasteiger partial charge is 0.306 e. The second kappa shape index (κ2) is 3.59. The molecule has 0 spiro atoms. The standard InChI is InChI=1S/C10H16O4/c1-3-7-4-10(7,5-8(11)12)6(2)9(13)14/h6-7H,3-5H2,1-2H3,(H,11,12)(H,13,14). The average molecular weight is 200 g/mol. The zero-order valence-electron chi connectivity index (χ0n) is 8.49. The highest BCUT2D eigenvalue weighted by atomic mass is 16.4. The zero-order valence-corrected chi connectivity index (χ0v) is 8.49. The maximum atomic E-state index is 10.8. The summed E-state index contributed by atoms with van der Waals surface area (Å²) in [5, 5.41) is 17.6. The minimum atomic E-state index is -0.894. The summed E-state index contributed by atoms with van der Waals surface area (Å²) in [5.41, 5.74) is -0.480. The fourth-order valence-corrected chi connectivity index (χ4v) is 2.38. The normalized spacial score (nSPS) is 32.3. The van der Waals surface area contributed by atoms with Gasteiger partial charge in [0.15, 0.2) is 0 Å². The summed E-state index contributed by atoms with van der Waals surface area (Å²) in [6.45, 7) is 3.59. The summed E-state index contributed by atoms with van der Waals surface area (Å²) in [6, 6.07) is 0. The number of hydrogen-bond acceptors (Lipinski definition) is 2. The van der Waals surface area contributed by atoms with Crippen molar-refractivity contribution in [3.05, 3.63) is 0 Å². The quantitative estimate of drug-likeness (QED) is 0.706. The van der Waals surface area contributed by atoms with Crippen molar-refractivity contribution in [1.82, 2.24) is 0 Å². The van der Waals surface area contributed by atoms with E-state index in [4.69, 9.17) is 10.2 Å². The van der Waals surface area contributed by atoms with E-state index in [2.05, 4.69) is 0 Å². The molecule has 80 valence electrons. The van der Waals surface area contributed by atoms with Crippen LogP contribution in [0.4, 0.5) is 0 Å². The molecule has 0 heterocycles. The number of carbonyl (C=O) groups is 2. The van der Waals surface area contributed by atoms with Gasteiger partial charge in [0.1, 0.15) is 0 Å². The largest absolute Gasteiger partial charge is 0.481 e. The molecule has 0 aromatic rings. The molecule has 14 heavy (non-hydrogen) atoms. The van der Waals surface area contributed by atoms with Gasteiger partial charge in [-0.3, -0.25) is 9.59 Å². The molecule has 2 N–H and O–H groups in total. The number of aliphatic carboxylic acids is 2. The fraction of sp³-hybridized carbons (Fsp3) is 0.800. The lowest BCUT2D eigenvalue weighted by Gasteiger charge is -2.19. The lowest BCUT2D eigenvalue weighted by Crippen LogP contribution is -2.26. The predicted octanol–water partition coefficient (Wildman–Crippen LogP) is 1.60. The molecule has 3 unspecified atom stereocenters. The Balaban J connectivity index is 2.75. The van der Waals surface area contributed by atoms with E-state index in [0.29, 0.717) is 0 Å². The van der Waals surface area contributed by atoms with Crippen LogP contribution >= 0.6 is 0 Å². The van der Waals surface area contributed by atoms with Crippen LogP contribution in [0.15, 0.2) is 0 Å². The average Bonchev–Trinajstić information content (AvgIpc) is 2.77. The Kier molecular flexibility index (Phi) is 2.83. The molecule has 3 atom stereocenters. The van der Waals surface area contributed by atoms with Crippen molar-refractivity contribution in [3.63, 3.8) is 0 Å². The van der Waals surface area contributed by atoms with Crippen LogP contribution in [0.2, 0.25) is 0 Å². The second-order valence-electron chi connectivity index (χ2n) is 4.17. The molecule has 0 aliphatic heterocycles. The topological polar surface area (TPSA) is 74.6 Å². The third-order valence-electron chi connectivity index (χ3n) is 3.49. The van der Waals surface area contributed by atoms with Gasteiger partial charge in [0, 0.05) is 0 Å². The molecule has 4 heteroatoms. The van der Waals surface area contributed by atoms with Crippen LogP contribution in [0, 0.1) is 17.3 Å². The molecule has 0 saturated heterocycles. The van der Waals surface area contributed by atoms with Gasteiger partial charge in [-0.25, -0.2) is 0 Å². The Morgan fingerprint density at radius 3 is 2.36 bits per heavy atom. The highest BCUT2D eigenvalue weighted by Gasteiger charge is 2.59. The van der Waals surface area contributed by atoms with E-state index < -0.39 is 23.3 Å². The number of carboxylic acids is 2. The van der Waals surface area contributed by atoms with Gasteiger partial charge < -0.3 is 10.2 Å². The van der Waals surface area contributed by atoms with Crippen molar-refractivity contribution in [2.24, 2.45) is 17.3 Å². The summed E-state index contributed by atoms with van der Waals surface area (Å²) < 4.78 is 0.